The second-order valence-corrected chi connectivity index (χ2v) is 11.8. The van der Waals surface area contributed by atoms with E-state index in [1.54, 1.807) is 0 Å². The molecular formula is C34H48N2O5. The normalized spacial score (nSPS) is 22.5. The molecule has 2 aliphatic heterocycles. The molecule has 4 rings (SSSR count). The summed E-state index contributed by atoms with van der Waals surface area (Å²) < 4.78 is 11.1. The molecule has 224 valence electrons. The molecule has 4 atom stereocenters. The fourth-order valence-electron chi connectivity index (χ4n) is 6.61. The third-order valence-corrected chi connectivity index (χ3v) is 8.92. The number of nitrogens with two attached hydrogens (primary N) is 1. The van der Waals surface area contributed by atoms with Crippen molar-refractivity contribution in [3.8, 4) is 11.5 Å². The molecule has 0 bridgehead atoms. The number of nitrogens with zero attached hydrogens (tertiary/aromatic N) is 1. The molecule has 7 heteroatoms. The second kappa shape index (κ2) is 15.9. The molecule has 0 saturated carbocycles. The maximum atomic E-state index is 13.8. The lowest BCUT2D eigenvalue weighted by Crippen LogP contribution is -2.40. The number of ketones is 1. The van der Waals surface area contributed by atoms with E-state index in [0.29, 0.717) is 37.6 Å². The van der Waals surface area contributed by atoms with Gasteiger partial charge in [-0.2, -0.15) is 0 Å². The number of unbranched alkanes of at least 4 members (excludes halogenated alkanes) is 4. The zero-order chi connectivity index (χ0) is 29.0. The van der Waals surface area contributed by atoms with Gasteiger partial charge < -0.3 is 20.3 Å². The maximum Gasteiger partial charge on any atom is 0.308 e. The van der Waals surface area contributed by atoms with Crippen LogP contribution in [0, 0.1) is 11.8 Å². The van der Waals surface area contributed by atoms with Crippen molar-refractivity contribution in [1.29, 1.82) is 0 Å². The van der Waals surface area contributed by atoms with Crippen molar-refractivity contribution >= 4 is 11.8 Å². The minimum atomic E-state index is -0.801. The van der Waals surface area contributed by atoms with Gasteiger partial charge in [-0.05, 0) is 62.8 Å². The zero-order valence-electron chi connectivity index (χ0n) is 24.6. The van der Waals surface area contributed by atoms with Crippen molar-refractivity contribution in [2.75, 3.05) is 26.4 Å². The van der Waals surface area contributed by atoms with E-state index in [2.05, 4.69) is 24.0 Å². The molecule has 1 saturated heterocycles. The van der Waals surface area contributed by atoms with E-state index in [1.165, 1.54) is 5.57 Å². The minimum absolute atomic E-state index is 0.0289. The molecule has 1 aliphatic carbocycles. The Kier molecular flexibility index (Phi) is 12.1. The maximum absolute atomic E-state index is 13.8. The predicted octanol–water partition coefficient (Wildman–Crippen LogP) is 6.39. The number of ether oxygens (including phenoxy) is 2. The van der Waals surface area contributed by atoms with Crippen LogP contribution < -0.4 is 15.2 Å². The molecule has 1 aromatic carbocycles. The van der Waals surface area contributed by atoms with Crippen molar-refractivity contribution in [3.63, 3.8) is 0 Å². The number of hydrogen-bond acceptors (Lipinski definition) is 6. The average Bonchev–Trinajstić information content (AvgIpc) is 3.49. The van der Waals surface area contributed by atoms with Crippen molar-refractivity contribution in [3.05, 3.63) is 59.7 Å². The quantitative estimate of drug-likeness (QED) is 0.211. The van der Waals surface area contributed by atoms with E-state index in [9.17, 15) is 14.7 Å². The molecule has 2 heterocycles. The van der Waals surface area contributed by atoms with Crippen LogP contribution in [0.25, 0.3) is 0 Å². The summed E-state index contributed by atoms with van der Waals surface area (Å²) in [4.78, 5) is 28.9. The number of carbonyl (C=O) groups excluding carboxylic acids is 1. The highest BCUT2D eigenvalue weighted by Gasteiger charge is 2.47. The lowest BCUT2D eigenvalue weighted by Gasteiger charge is -2.28. The van der Waals surface area contributed by atoms with Gasteiger partial charge in [0, 0.05) is 24.4 Å². The number of benzene rings is 1. The Labute approximate surface area is 245 Å². The smallest absolute Gasteiger partial charge is 0.308 e. The Hall–Kier alpha value is -2.90. The van der Waals surface area contributed by atoms with Gasteiger partial charge in [0.15, 0.2) is 11.5 Å². The van der Waals surface area contributed by atoms with Crippen LogP contribution in [0.15, 0.2) is 54.2 Å². The summed E-state index contributed by atoms with van der Waals surface area (Å²) in [6, 6.07) is 5.55. The van der Waals surface area contributed by atoms with Crippen LogP contribution in [0.3, 0.4) is 0 Å². The van der Waals surface area contributed by atoms with Crippen molar-refractivity contribution in [2.24, 2.45) is 17.6 Å². The Morgan fingerprint density at radius 2 is 1.85 bits per heavy atom. The van der Waals surface area contributed by atoms with Gasteiger partial charge in [0.25, 0.3) is 0 Å². The molecule has 3 N–H and O–H groups in total. The lowest BCUT2D eigenvalue weighted by molar-refractivity contribution is -0.143. The monoisotopic (exact) mass is 564 g/mol. The number of Topliss-reactive ketones (excluding diaryl/α,β-unsaturated/α-hetero) is 1. The first kappa shape index (κ1) is 31.0. The highest BCUT2D eigenvalue weighted by atomic mass is 16.7. The van der Waals surface area contributed by atoms with Gasteiger partial charge in [0.2, 0.25) is 6.79 Å². The Morgan fingerprint density at radius 3 is 2.66 bits per heavy atom. The van der Waals surface area contributed by atoms with Gasteiger partial charge >= 0.3 is 5.97 Å². The number of fused-ring (bicyclic) bond motifs is 1. The van der Waals surface area contributed by atoms with Gasteiger partial charge in [0.05, 0.1) is 12.5 Å². The lowest BCUT2D eigenvalue weighted by atomic mass is 9.83. The Balaban J connectivity index is 1.53. The molecular weight excluding hydrogens is 516 g/mol. The number of rotatable bonds is 17. The topological polar surface area (TPSA) is 102 Å². The summed E-state index contributed by atoms with van der Waals surface area (Å²) in [5.74, 6) is 0.00485. The molecule has 3 aliphatic rings. The molecule has 1 unspecified atom stereocenters. The molecule has 1 aromatic rings. The summed E-state index contributed by atoms with van der Waals surface area (Å²) in [6.07, 6.45) is 21.0. The van der Waals surface area contributed by atoms with Crippen LogP contribution in [-0.4, -0.2) is 54.2 Å². The highest BCUT2D eigenvalue weighted by molar-refractivity contribution is 5.83. The average molecular weight is 565 g/mol. The summed E-state index contributed by atoms with van der Waals surface area (Å²) in [6.45, 7) is 3.92. The predicted molar refractivity (Wildman–Crippen MR) is 162 cm³/mol. The van der Waals surface area contributed by atoms with Crippen molar-refractivity contribution in [2.45, 2.75) is 89.5 Å². The van der Waals surface area contributed by atoms with Crippen LogP contribution >= 0.6 is 0 Å². The van der Waals surface area contributed by atoms with E-state index < -0.39 is 11.9 Å². The number of carboxylic acids is 1. The van der Waals surface area contributed by atoms with Gasteiger partial charge in [0.1, 0.15) is 5.78 Å². The fraction of sp³-hybridized carbons (Fsp3) is 0.588. The van der Waals surface area contributed by atoms with Crippen molar-refractivity contribution < 1.29 is 24.2 Å². The number of aliphatic carboxylic acids is 1. The van der Waals surface area contributed by atoms with Crippen LogP contribution in [0.1, 0.15) is 89.0 Å². The van der Waals surface area contributed by atoms with Gasteiger partial charge in [-0.3, -0.25) is 14.5 Å². The molecule has 1 fully saturated rings. The summed E-state index contributed by atoms with van der Waals surface area (Å²) in [7, 11) is 0. The first-order valence-corrected chi connectivity index (χ1v) is 15.6. The molecule has 0 radical (unpaired) electrons. The number of hydrogen-bond donors (Lipinski definition) is 2. The summed E-state index contributed by atoms with van der Waals surface area (Å²) in [5.41, 5.74) is 7.88. The number of allylic oxidation sites excluding steroid dienone is 6. The summed E-state index contributed by atoms with van der Waals surface area (Å²) in [5, 5.41) is 10.5. The number of carbonyl (C=O) groups is 2. The van der Waals surface area contributed by atoms with E-state index in [-0.39, 0.29) is 30.5 Å². The van der Waals surface area contributed by atoms with Gasteiger partial charge in [-0.1, -0.05) is 81.0 Å². The Morgan fingerprint density at radius 1 is 1.05 bits per heavy atom. The number of carboxylic acid groups (broad SMARTS) is 1. The Bertz CT molecular complexity index is 1110. The second-order valence-electron chi connectivity index (χ2n) is 11.8. The third kappa shape index (κ3) is 8.55. The third-order valence-electron chi connectivity index (χ3n) is 8.92. The van der Waals surface area contributed by atoms with E-state index in [0.717, 1.165) is 69.8 Å². The van der Waals surface area contributed by atoms with Gasteiger partial charge in [-0.15, -0.1) is 0 Å². The first-order valence-electron chi connectivity index (χ1n) is 15.6. The molecule has 0 aromatic heterocycles. The first-order chi connectivity index (χ1) is 20.0. The van der Waals surface area contributed by atoms with Crippen LogP contribution in [-0.2, 0) is 9.59 Å². The SMILES string of the molecule is CCCCC(CCCCCCN)C(=O)CN1C[C@H](c2ccc3c(c2)OCO3)[C@@H](C(=O)O)[C@@H]1CCC1=CC=CC=CC1. The van der Waals surface area contributed by atoms with E-state index in [4.69, 9.17) is 15.2 Å². The number of likely N-dealkylation sites (tertiary alicyclic amines) is 1. The van der Waals surface area contributed by atoms with E-state index >= 15 is 0 Å². The molecule has 41 heavy (non-hydrogen) atoms. The van der Waals surface area contributed by atoms with Crippen LogP contribution in [0.5, 0.6) is 11.5 Å². The van der Waals surface area contributed by atoms with Crippen molar-refractivity contribution in [1.82, 2.24) is 4.90 Å². The molecule has 0 spiro atoms. The highest BCUT2D eigenvalue weighted by Crippen LogP contribution is 2.43. The van der Waals surface area contributed by atoms with Crippen LogP contribution in [0.2, 0.25) is 0 Å². The van der Waals surface area contributed by atoms with Crippen LogP contribution in [0.4, 0.5) is 0 Å². The fourth-order valence-corrected chi connectivity index (χ4v) is 6.61. The minimum Gasteiger partial charge on any atom is -0.481 e. The molecule has 7 nitrogen and oxygen atoms in total. The largest absolute Gasteiger partial charge is 0.481 e. The molecule has 0 amide bonds. The standard InChI is InChI=1S/C34H48N2O5/c1-2-3-14-26(15-10-6-7-11-20-35)30(37)23-36-22-28(27-17-19-31-32(21-27)41-24-40-31)33(34(38)39)29(36)18-16-25-12-8-4-5-9-13-25/h4-5,8-9,12,17,19,21,26,28-29,33H,2-3,6-7,10-11,13-16,18,20,22-24,35H2,1H3,(H,38,39)/t26?,28-,29+,33-/m1/s1. The van der Waals surface area contributed by atoms with Gasteiger partial charge in [-0.25, -0.2) is 0 Å². The zero-order valence-corrected chi connectivity index (χ0v) is 24.6. The van der Waals surface area contributed by atoms with E-state index in [1.807, 2.05) is 36.4 Å². The summed E-state index contributed by atoms with van der Waals surface area (Å²) >= 11 is 0.